The Kier molecular flexibility index (Phi) is 6.44. The molecule has 0 bridgehead atoms. The third-order valence-electron chi connectivity index (χ3n) is 7.53. The highest BCUT2D eigenvalue weighted by molar-refractivity contribution is 9.10. The molecule has 8 heteroatoms. The maximum Gasteiger partial charge on any atom is 0.337 e. The number of aryl methyl sites for hydroxylation is 1. The number of ether oxygens (including phenoxy) is 1. The van der Waals surface area contributed by atoms with E-state index < -0.39 is 5.97 Å². The van der Waals surface area contributed by atoms with Crippen molar-refractivity contribution >= 4 is 45.0 Å². The summed E-state index contributed by atoms with van der Waals surface area (Å²) in [7, 11) is 1.35. The standard InChI is InChI=1S/C33H23BrN2O4S/c1-39-32(38)22-7-4-6-21(17-22)27-16-14-24(40-27)18-28-31(37)36-30(20-9-12-23(34)13-10-20)26-15-11-19-5-2-3-8-25(19)29(26)35-33(36)41-28/h2-10,12-14,16-18,30H,11,15H2,1H3/b28-18-/t30-/m0/s1. The van der Waals surface area contributed by atoms with Gasteiger partial charge in [-0.3, -0.25) is 9.36 Å². The van der Waals surface area contributed by atoms with E-state index in [0.29, 0.717) is 26.4 Å². The van der Waals surface area contributed by atoms with Crippen molar-refractivity contribution in [1.82, 2.24) is 4.57 Å². The number of carbonyl (C=O) groups excluding carboxylic acids is 1. The minimum atomic E-state index is -0.412. The summed E-state index contributed by atoms with van der Waals surface area (Å²) in [5.74, 6) is 0.725. The lowest BCUT2D eigenvalue weighted by Gasteiger charge is -2.30. The summed E-state index contributed by atoms with van der Waals surface area (Å²) in [5, 5.41) is 0. The molecule has 1 aliphatic heterocycles. The molecule has 5 aromatic rings. The third-order valence-corrected chi connectivity index (χ3v) is 9.04. The fourth-order valence-electron chi connectivity index (χ4n) is 5.60. The van der Waals surface area contributed by atoms with Crippen LogP contribution in [0.5, 0.6) is 0 Å². The van der Waals surface area contributed by atoms with Crippen LogP contribution in [0.2, 0.25) is 0 Å². The van der Waals surface area contributed by atoms with E-state index in [1.807, 2.05) is 41.0 Å². The second kappa shape index (κ2) is 10.3. The Bertz CT molecular complexity index is 2050. The molecular weight excluding hydrogens is 600 g/mol. The molecule has 0 radical (unpaired) electrons. The van der Waals surface area contributed by atoms with Gasteiger partial charge in [-0.2, -0.15) is 0 Å². The minimum Gasteiger partial charge on any atom is -0.465 e. The second-order valence-electron chi connectivity index (χ2n) is 9.94. The number of hydrogen-bond donors (Lipinski definition) is 0. The lowest BCUT2D eigenvalue weighted by atomic mass is 9.83. The van der Waals surface area contributed by atoms with Gasteiger partial charge in [-0.25, -0.2) is 9.79 Å². The molecule has 3 heterocycles. The summed E-state index contributed by atoms with van der Waals surface area (Å²) < 4.78 is 14.3. The van der Waals surface area contributed by atoms with Crippen molar-refractivity contribution in [3.8, 4) is 11.3 Å². The molecule has 1 atom stereocenters. The van der Waals surface area contributed by atoms with Crippen molar-refractivity contribution in [1.29, 1.82) is 0 Å². The molecule has 7 rings (SSSR count). The van der Waals surface area contributed by atoms with Gasteiger partial charge in [-0.15, -0.1) is 0 Å². The van der Waals surface area contributed by atoms with E-state index in [1.54, 1.807) is 24.3 Å². The monoisotopic (exact) mass is 622 g/mol. The van der Waals surface area contributed by atoms with Crippen LogP contribution in [0.3, 0.4) is 0 Å². The number of halogens is 1. The normalized spacial score (nSPS) is 16.0. The van der Waals surface area contributed by atoms with Crippen LogP contribution in [0.15, 0.2) is 109 Å². The van der Waals surface area contributed by atoms with Crippen LogP contribution in [-0.4, -0.2) is 17.6 Å². The first kappa shape index (κ1) is 25.7. The predicted octanol–water partition coefficient (Wildman–Crippen LogP) is 6.13. The number of hydrogen-bond acceptors (Lipinski definition) is 6. The van der Waals surface area contributed by atoms with E-state index in [4.69, 9.17) is 14.1 Å². The van der Waals surface area contributed by atoms with Gasteiger partial charge < -0.3 is 9.15 Å². The fourth-order valence-corrected chi connectivity index (χ4v) is 6.84. The average Bonchev–Trinajstić information content (AvgIpc) is 3.60. The number of esters is 1. The molecule has 202 valence electrons. The van der Waals surface area contributed by atoms with Crippen molar-refractivity contribution in [3.63, 3.8) is 0 Å². The lowest BCUT2D eigenvalue weighted by Crippen LogP contribution is -2.38. The molecule has 1 aliphatic carbocycles. The molecule has 0 saturated heterocycles. The summed E-state index contributed by atoms with van der Waals surface area (Å²) in [4.78, 5) is 31.7. The summed E-state index contributed by atoms with van der Waals surface area (Å²) >= 11 is 4.91. The van der Waals surface area contributed by atoms with Crippen LogP contribution in [0.25, 0.3) is 23.1 Å². The van der Waals surface area contributed by atoms with Gasteiger partial charge in [0, 0.05) is 21.7 Å². The van der Waals surface area contributed by atoms with Crippen molar-refractivity contribution in [2.45, 2.75) is 18.9 Å². The number of thiazole rings is 1. The molecule has 6 nitrogen and oxygen atoms in total. The van der Waals surface area contributed by atoms with Crippen LogP contribution < -0.4 is 14.9 Å². The molecule has 0 saturated carbocycles. The number of fused-ring (bicyclic) bond motifs is 3. The Morgan fingerprint density at radius 1 is 1.05 bits per heavy atom. The summed E-state index contributed by atoms with van der Waals surface area (Å²) in [5.41, 5.74) is 6.69. The molecule has 3 aromatic carbocycles. The van der Waals surface area contributed by atoms with Crippen LogP contribution in [0, 0.1) is 0 Å². The summed E-state index contributed by atoms with van der Waals surface area (Å²) in [6.45, 7) is 0. The topological polar surface area (TPSA) is 73.8 Å². The largest absolute Gasteiger partial charge is 0.465 e. The number of methoxy groups -OCH3 is 1. The Morgan fingerprint density at radius 2 is 1.88 bits per heavy atom. The maximum atomic E-state index is 14.0. The zero-order chi connectivity index (χ0) is 28.1. The van der Waals surface area contributed by atoms with Gasteiger partial charge in [-0.1, -0.05) is 75.8 Å². The predicted molar refractivity (Wildman–Crippen MR) is 162 cm³/mol. The van der Waals surface area contributed by atoms with Crippen molar-refractivity contribution in [3.05, 3.63) is 143 Å². The summed E-state index contributed by atoms with van der Waals surface area (Å²) in [6.07, 6.45) is 3.52. The zero-order valence-electron chi connectivity index (χ0n) is 22.0. The van der Waals surface area contributed by atoms with E-state index >= 15 is 0 Å². The van der Waals surface area contributed by atoms with Gasteiger partial charge in [0.15, 0.2) is 4.80 Å². The number of furan rings is 1. The van der Waals surface area contributed by atoms with Crippen LogP contribution in [-0.2, 0) is 11.2 Å². The lowest BCUT2D eigenvalue weighted by molar-refractivity contribution is 0.0601. The maximum absolute atomic E-state index is 14.0. The molecule has 0 fully saturated rings. The number of benzene rings is 3. The van der Waals surface area contributed by atoms with Gasteiger partial charge in [0.25, 0.3) is 5.56 Å². The van der Waals surface area contributed by atoms with Gasteiger partial charge in [0.1, 0.15) is 11.5 Å². The molecule has 2 aromatic heterocycles. The highest BCUT2D eigenvalue weighted by Crippen LogP contribution is 2.41. The van der Waals surface area contributed by atoms with Gasteiger partial charge in [0.2, 0.25) is 0 Å². The highest BCUT2D eigenvalue weighted by atomic mass is 79.9. The number of allylic oxidation sites excluding steroid dienone is 1. The van der Waals surface area contributed by atoms with E-state index in [2.05, 4.69) is 46.3 Å². The van der Waals surface area contributed by atoms with Crippen LogP contribution in [0.4, 0.5) is 0 Å². The number of nitrogens with zero attached hydrogens (tertiary/aromatic N) is 2. The van der Waals surface area contributed by atoms with Crippen LogP contribution in [0.1, 0.15) is 45.3 Å². The van der Waals surface area contributed by atoms with E-state index in [1.165, 1.54) is 24.0 Å². The highest BCUT2D eigenvalue weighted by Gasteiger charge is 2.32. The third kappa shape index (κ3) is 4.53. The first-order chi connectivity index (χ1) is 20.0. The average molecular weight is 624 g/mol. The smallest absolute Gasteiger partial charge is 0.337 e. The Labute approximate surface area is 247 Å². The molecule has 0 unspecified atom stereocenters. The zero-order valence-corrected chi connectivity index (χ0v) is 24.4. The van der Waals surface area contributed by atoms with E-state index in [9.17, 15) is 9.59 Å². The van der Waals surface area contributed by atoms with E-state index in [0.717, 1.165) is 45.3 Å². The van der Waals surface area contributed by atoms with E-state index in [-0.39, 0.29) is 11.6 Å². The fraction of sp³-hybridized carbons (Fsp3) is 0.121. The first-order valence-corrected chi connectivity index (χ1v) is 14.8. The Balaban J connectivity index is 1.35. The van der Waals surface area contributed by atoms with Gasteiger partial charge in [0.05, 0.1) is 28.9 Å². The minimum absolute atomic E-state index is 0.0993. The van der Waals surface area contributed by atoms with Crippen molar-refractivity contribution in [2.75, 3.05) is 7.11 Å². The molecule has 2 aliphatic rings. The first-order valence-electron chi connectivity index (χ1n) is 13.2. The van der Waals surface area contributed by atoms with Crippen LogP contribution >= 0.6 is 27.3 Å². The van der Waals surface area contributed by atoms with Gasteiger partial charge >= 0.3 is 5.97 Å². The molecule has 0 spiro atoms. The van der Waals surface area contributed by atoms with Crippen molar-refractivity contribution < 1.29 is 13.9 Å². The molecular formula is C33H23BrN2O4S. The SMILES string of the molecule is COC(=O)c1cccc(-c2ccc(/C=c3\sc4n(c3=O)[C@@H](c3ccc(Br)cc3)C3=C(N=4)c4ccccc4CC3)o2)c1. The Morgan fingerprint density at radius 3 is 2.71 bits per heavy atom. The molecule has 0 amide bonds. The summed E-state index contributed by atoms with van der Waals surface area (Å²) in [6, 6.07) is 27.1. The molecule has 0 N–H and O–H groups in total. The number of rotatable bonds is 4. The quantitative estimate of drug-likeness (QED) is 0.226. The second-order valence-corrected chi connectivity index (χ2v) is 11.9. The Hall–Kier alpha value is -4.27. The van der Waals surface area contributed by atoms with Crippen molar-refractivity contribution in [2.24, 2.45) is 4.99 Å². The van der Waals surface area contributed by atoms with Gasteiger partial charge in [-0.05, 0) is 65.9 Å². The number of carbonyl (C=O) groups is 1. The molecule has 41 heavy (non-hydrogen) atoms. The number of aromatic nitrogens is 1.